The van der Waals surface area contributed by atoms with Crippen LogP contribution in [0.15, 0.2) is 54.6 Å². The Kier molecular flexibility index (Phi) is 12.2. The summed E-state index contributed by atoms with van der Waals surface area (Å²) in [6.45, 7) is 5.98. The Balaban J connectivity index is 1.41. The number of alkyl halides is 6. The first kappa shape index (κ1) is 38.7. The van der Waals surface area contributed by atoms with Crippen molar-refractivity contribution in [3.63, 3.8) is 0 Å². The minimum absolute atomic E-state index is 0.00166. The SMILES string of the molecule is CCOCCc1cccc2[nH]c(NC3CCN(C(C(CC)c4ccc(Cl)c(Cl)c4)N(C)C(=O)c4cc(C(F)(F)F)cc(C(F)(F)F)c4)CC3)nc12. The highest BCUT2D eigenvalue weighted by Gasteiger charge is 2.40. The van der Waals surface area contributed by atoms with Crippen molar-refractivity contribution in [3.8, 4) is 0 Å². The number of benzene rings is 3. The van der Waals surface area contributed by atoms with Crippen LogP contribution in [0.2, 0.25) is 10.0 Å². The third kappa shape index (κ3) is 9.11. The highest BCUT2D eigenvalue weighted by Crippen LogP contribution is 2.38. The zero-order valence-electron chi connectivity index (χ0n) is 28.3. The molecule has 3 aromatic carbocycles. The lowest BCUT2D eigenvalue weighted by Crippen LogP contribution is -2.55. The van der Waals surface area contributed by atoms with Gasteiger partial charge in [0.1, 0.15) is 0 Å². The summed E-state index contributed by atoms with van der Waals surface area (Å²) in [6, 6.07) is 11.9. The number of anilines is 1. The molecule has 5 rings (SSSR count). The molecule has 2 unspecified atom stereocenters. The van der Waals surface area contributed by atoms with Crippen molar-refractivity contribution in [3.05, 3.63) is 92.5 Å². The van der Waals surface area contributed by atoms with E-state index in [-0.39, 0.29) is 17.1 Å². The average Bonchev–Trinajstić information content (AvgIpc) is 3.51. The van der Waals surface area contributed by atoms with Crippen LogP contribution in [0, 0.1) is 0 Å². The first-order valence-electron chi connectivity index (χ1n) is 16.7. The van der Waals surface area contributed by atoms with Crippen LogP contribution in [-0.4, -0.2) is 71.2 Å². The van der Waals surface area contributed by atoms with Gasteiger partial charge in [0.25, 0.3) is 5.91 Å². The Morgan fingerprint density at radius 2 is 1.67 bits per heavy atom. The molecule has 0 bridgehead atoms. The number of para-hydroxylation sites is 1. The number of imidazole rings is 1. The van der Waals surface area contributed by atoms with E-state index in [2.05, 4.69) is 10.3 Å². The van der Waals surface area contributed by atoms with Crippen molar-refractivity contribution in [2.24, 2.45) is 0 Å². The van der Waals surface area contributed by atoms with E-state index in [9.17, 15) is 31.1 Å². The van der Waals surface area contributed by atoms with E-state index in [1.807, 2.05) is 36.9 Å². The summed E-state index contributed by atoms with van der Waals surface area (Å²) >= 11 is 12.6. The normalized spacial score (nSPS) is 16.0. The largest absolute Gasteiger partial charge is 0.416 e. The van der Waals surface area contributed by atoms with E-state index in [1.54, 1.807) is 18.2 Å². The van der Waals surface area contributed by atoms with Crippen LogP contribution in [-0.2, 0) is 23.5 Å². The molecular weight excluding hydrogens is 719 g/mol. The van der Waals surface area contributed by atoms with Gasteiger partial charge in [0, 0.05) is 44.3 Å². The molecule has 1 amide bonds. The number of hydrogen-bond acceptors (Lipinski definition) is 5. The number of carbonyl (C=O) groups excluding carboxylic acids is 1. The van der Waals surface area contributed by atoms with Crippen molar-refractivity contribution >= 4 is 46.1 Å². The van der Waals surface area contributed by atoms with Gasteiger partial charge in [-0.15, -0.1) is 0 Å². The summed E-state index contributed by atoms with van der Waals surface area (Å²) in [5, 5.41) is 4.08. The standard InChI is InChI=1S/C36H39Cl2F6N5O2/c1-4-27(22-9-10-28(37)29(38)19-22)32(48(3)33(50)23-17-24(35(39,40)41)20-25(18-23)36(42,43)44)49-14-11-26(12-15-49)45-34-46-30-8-6-7-21(31(30)47-34)13-16-51-5-2/h6-10,17-20,26-27,32H,4-5,11-16H2,1-3H3,(H2,45,46,47). The maximum absolute atomic E-state index is 13.9. The maximum Gasteiger partial charge on any atom is 0.416 e. The number of nitrogens with zero attached hydrogens (tertiary/aromatic N) is 3. The molecule has 1 aliphatic rings. The van der Waals surface area contributed by atoms with Crippen LogP contribution < -0.4 is 5.32 Å². The molecule has 15 heteroatoms. The van der Waals surface area contributed by atoms with Crippen LogP contribution in [0.1, 0.15) is 71.6 Å². The minimum atomic E-state index is -5.10. The molecule has 0 aliphatic carbocycles. The summed E-state index contributed by atoms with van der Waals surface area (Å²) in [4.78, 5) is 25.4. The summed E-state index contributed by atoms with van der Waals surface area (Å²) in [5.41, 5.74) is -0.295. The second kappa shape index (κ2) is 16.0. The van der Waals surface area contributed by atoms with Gasteiger partial charge < -0.3 is 19.9 Å². The Morgan fingerprint density at radius 1 is 1.00 bits per heavy atom. The number of fused-ring (bicyclic) bond motifs is 1. The van der Waals surface area contributed by atoms with E-state index in [0.29, 0.717) is 68.7 Å². The smallest absolute Gasteiger partial charge is 0.381 e. The number of likely N-dealkylation sites (tertiary alicyclic amines) is 1. The Hall–Kier alpha value is -3.52. The maximum atomic E-state index is 13.9. The van der Waals surface area contributed by atoms with Gasteiger partial charge >= 0.3 is 12.4 Å². The van der Waals surface area contributed by atoms with E-state index < -0.39 is 47.0 Å². The molecule has 1 saturated heterocycles. The topological polar surface area (TPSA) is 73.5 Å². The van der Waals surface area contributed by atoms with Gasteiger partial charge in [0.2, 0.25) is 5.95 Å². The number of halogens is 8. The molecule has 1 fully saturated rings. The first-order chi connectivity index (χ1) is 24.1. The van der Waals surface area contributed by atoms with Gasteiger partial charge in [-0.1, -0.05) is 48.3 Å². The number of aromatic nitrogens is 2. The van der Waals surface area contributed by atoms with Crippen molar-refractivity contribution in [1.29, 1.82) is 0 Å². The summed E-state index contributed by atoms with van der Waals surface area (Å²) in [6.07, 6.45) is -8.52. The van der Waals surface area contributed by atoms with Crippen molar-refractivity contribution in [2.75, 3.05) is 38.7 Å². The number of H-pyrrole nitrogens is 1. The number of likely N-dealkylation sites (N-methyl/N-ethyl adjacent to an activating group) is 1. The quantitative estimate of drug-likeness (QED) is 0.111. The number of nitrogens with one attached hydrogen (secondary N) is 2. The average molecular weight is 759 g/mol. The van der Waals surface area contributed by atoms with Crippen LogP contribution in [0.4, 0.5) is 32.3 Å². The molecule has 0 saturated carbocycles. The second-order valence-electron chi connectivity index (χ2n) is 12.6. The lowest BCUT2D eigenvalue weighted by molar-refractivity contribution is -0.143. The van der Waals surface area contributed by atoms with Crippen molar-refractivity contribution < 1.29 is 35.9 Å². The van der Waals surface area contributed by atoms with Gasteiger partial charge in [-0.25, -0.2) is 4.98 Å². The summed E-state index contributed by atoms with van der Waals surface area (Å²) < 4.78 is 87.8. The lowest BCUT2D eigenvalue weighted by atomic mass is 9.89. The zero-order chi connectivity index (χ0) is 37.1. The Morgan fingerprint density at radius 3 is 2.25 bits per heavy atom. The fraction of sp³-hybridized carbons (Fsp3) is 0.444. The number of rotatable bonds is 12. The summed E-state index contributed by atoms with van der Waals surface area (Å²) in [5.74, 6) is -0.780. The minimum Gasteiger partial charge on any atom is -0.381 e. The van der Waals surface area contributed by atoms with Crippen molar-refractivity contribution in [1.82, 2.24) is 19.8 Å². The summed E-state index contributed by atoms with van der Waals surface area (Å²) in [7, 11) is 1.41. The second-order valence-corrected chi connectivity index (χ2v) is 13.4. The molecule has 276 valence electrons. The van der Waals surface area contributed by atoms with Crippen LogP contribution in [0.5, 0.6) is 0 Å². The molecule has 2 atom stereocenters. The molecular formula is C36H39Cl2F6N5O2. The lowest BCUT2D eigenvalue weighted by Gasteiger charge is -2.45. The van der Waals surface area contributed by atoms with Crippen LogP contribution in [0.3, 0.4) is 0 Å². The molecule has 2 heterocycles. The third-order valence-corrected chi connectivity index (χ3v) is 10.0. The Bertz CT molecular complexity index is 1790. The number of ether oxygens (including phenoxy) is 1. The third-order valence-electron chi connectivity index (χ3n) is 9.28. The molecule has 2 N–H and O–H groups in total. The van der Waals surface area contributed by atoms with E-state index >= 15 is 0 Å². The van der Waals surface area contributed by atoms with Gasteiger partial charge in [-0.05, 0) is 80.1 Å². The number of aromatic amines is 1. The van der Waals surface area contributed by atoms with Gasteiger partial charge in [-0.2, -0.15) is 26.3 Å². The molecule has 7 nitrogen and oxygen atoms in total. The fourth-order valence-corrected chi connectivity index (χ4v) is 7.03. The number of hydrogen-bond donors (Lipinski definition) is 2. The molecule has 4 aromatic rings. The molecule has 1 aromatic heterocycles. The molecule has 51 heavy (non-hydrogen) atoms. The molecule has 0 spiro atoms. The number of amides is 1. The van der Waals surface area contributed by atoms with E-state index in [0.717, 1.165) is 28.6 Å². The van der Waals surface area contributed by atoms with Gasteiger partial charge in [0.05, 0.1) is 45.0 Å². The van der Waals surface area contributed by atoms with Gasteiger partial charge in [0.15, 0.2) is 0 Å². The molecule has 0 radical (unpaired) electrons. The predicted molar refractivity (Wildman–Crippen MR) is 186 cm³/mol. The first-order valence-corrected chi connectivity index (χ1v) is 17.4. The van der Waals surface area contributed by atoms with E-state index in [4.69, 9.17) is 32.9 Å². The highest BCUT2D eigenvalue weighted by molar-refractivity contribution is 6.42. The monoisotopic (exact) mass is 757 g/mol. The predicted octanol–water partition coefficient (Wildman–Crippen LogP) is 9.65. The van der Waals surface area contributed by atoms with Crippen LogP contribution in [0.25, 0.3) is 11.0 Å². The molecule has 1 aliphatic heterocycles. The van der Waals surface area contributed by atoms with Gasteiger partial charge in [-0.3, -0.25) is 9.69 Å². The van der Waals surface area contributed by atoms with Crippen molar-refractivity contribution in [2.45, 2.75) is 70.0 Å². The fourth-order valence-electron chi connectivity index (χ4n) is 6.72. The number of piperidine rings is 1. The van der Waals surface area contributed by atoms with E-state index in [1.165, 1.54) is 11.9 Å². The van der Waals surface area contributed by atoms with Crippen LogP contribution >= 0.6 is 23.2 Å². The Labute approximate surface area is 302 Å². The zero-order valence-corrected chi connectivity index (χ0v) is 29.8. The number of carbonyl (C=O) groups is 1. The highest BCUT2D eigenvalue weighted by atomic mass is 35.5.